The fraction of sp³-hybridized carbons (Fsp3) is 0.174. The quantitative estimate of drug-likeness (QED) is 0.503. The van der Waals surface area contributed by atoms with Gasteiger partial charge in [0.2, 0.25) is 0 Å². The molecule has 0 saturated carbocycles. The molecule has 0 radical (unpaired) electrons. The normalized spacial score (nSPS) is 10.9. The molecule has 162 valence electrons. The Kier molecular flexibility index (Phi) is 7.50. The van der Waals surface area contributed by atoms with Crippen LogP contribution in [0.1, 0.15) is 12.5 Å². The second-order valence-corrected chi connectivity index (χ2v) is 8.27. The summed E-state index contributed by atoms with van der Waals surface area (Å²) in [7, 11) is -3.75. The lowest BCUT2D eigenvalue weighted by Crippen LogP contribution is -2.28. The third-order valence-corrected chi connectivity index (χ3v) is 5.65. The first-order chi connectivity index (χ1) is 15.0. The number of carbonyl (C=O) groups excluding carboxylic acids is 1. The molecule has 1 amide bonds. The van der Waals surface area contributed by atoms with Crippen molar-refractivity contribution in [2.45, 2.75) is 18.4 Å². The Morgan fingerprint density at radius 2 is 1.45 bits per heavy atom. The van der Waals surface area contributed by atoms with Gasteiger partial charge in [0.05, 0.1) is 11.5 Å². The molecule has 0 heterocycles. The first kappa shape index (κ1) is 22.2. The minimum absolute atomic E-state index is 0.0854. The highest BCUT2D eigenvalue weighted by Crippen LogP contribution is 2.21. The van der Waals surface area contributed by atoms with Gasteiger partial charge in [0.15, 0.2) is 6.61 Å². The molecule has 0 saturated heterocycles. The third kappa shape index (κ3) is 6.75. The number of sulfonamides is 1. The molecule has 0 aromatic heterocycles. The summed E-state index contributed by atoms with van der Waals surface area (Å²) < 4.78 is 38.4. The van der Waals surface area contributed by atoms with Gasteiger partial charge in [0.1, 0.15) is 11.5 Å². The summed E-state index contributed by atoms with van der Waals surface area (Å²) in [4.78, 5) is 12.0. The molecule has 0 aliphatic heterocycles. The summed E-state index contributed by atoms with van der Waals surface area (Å²) in [6.45, 7) is 2.66. The van der Waals surface area contributed by atoms with E-state index in [-0.39, 0.29) is 17.4 Å². The number of ether oxygens (including phenoxy) is 2. The van der Waals surface area contributed by atoms with E-state index in [2.05, 4.69) is 10.0 Å². The average Bonchev–Trinajstić information content (AvgIpc) is 2.78. The van der Waals surface area contributed by atoms with Gasteiger partial charge in [-0.05, 0) is 61.0 Å². The number of anilines is 1. The summed E-state index contributed by atoms with van der Waals surface area (Å²) in [5.41, 5.74) is 1.42. The maximum Gasteiger partial charge on any atom is 0.261 e. The Hall–Kier alpha value is -3.52. The fourth-order valence-corrected chi connectivity index (χ4v) is 3.77. The molecule has 3 aromatic carbocycles. The predicted molar refractivity (Wildman–Crippen MR) is 119 cm³/mol. The fourth-order valence-electron chi connectivity index (χ4n) is 2.71. The zero-order valence-corrected chi connectivity index (χ0v) is 17.9. The number of carbonyl (C=O) groups is 1. The van der Waals surface area contributed by atoms with Gasteiger partial charge in [-0.1, -0.05) is 30.3 Å². The summed E-state index contributed by atoms with van der Waals surface area (Å²) >= 11 is 0. The van der Waals surface area contributed by atoms with Gasteiger partial charge in [0.25, 0.3) is 15.9 Å². The Balaban J connectivity index is 1.52. The van der Waals surface area contributed by atoms with Crippen molar-refractivity contribution < 1.29 is 22.7 Å². The second-order valence-electron chi connectivity index (χ2n) is 6.59. The molecule has 0 fully saturated rings. The van der Waals surface area contributed by atoms with Crippen LogP contribution >= 0.6 is 0 Å². The first-order valence-corrected chi connectivity index (χ1v) is 11.2. The van der Waals surface area contributed by atoms with Crippen molar-refractivity contribution in [3.05, 3.63) is 84.4 Å². The van der Waals surface area contributed by atoms with E-state index >= 15 is 0 Å². The van der Waals surface area contributed by atoms with E-state index < -0.39 is 10.0 Å². The van der Waals surface area contributed by atoms with Crippen LogP contribution in [0.25, 0.3) is 0 Å². The number of rotatable bonds is 10. The number of nitrogens with one attached hydrogen (secondary N) is 2. The van der Waals surface area contributed by atoms with Gasteiger partial charge in [-0.2, -0.15) is 0 Å². The summed E-state index contributed by atoms with van der Waals surface area (Å²) in [6.07, 6.45) is 0. The maximum absolute atomic E-state index is 12.6. The van der Waals surface area contributed by atoms with Crippen molar-refractivity contribution in [3.8, 4) is 11.5 Å². The Labute approximate surface area is 182 Å². The van der Waals surface area contributed by atoms with Gasteiger partial charge in [-0.25, -0.2) is 8.42 Å². The molecule has 0 atom stereocenters. The van der Waals surface area contributed by atoms with Crippen LogP contribution in [-0.2, 0) is 21.4 Å². The van der Waals surface area contributed by atoms with Gasteiger partial charge in [0, 0.05) is 12.2 Å². The molecule has 2 N–H and O–H groups in total. The van der Waals surface area contributed by atoms with Crippen LogP contribution < -0.4 is 19.5 Å². The van der Waals surface area contributed by atoms with Gasteiger partial charge in [-0.15, -0.1) is 0 Å². The number of amides is 1. The first-order valence-electron chi connectivity index (χ1n) is 9.75. The molecular formula is C23H24N2O5S. The smallest absolute Gasteiger partial charge is 0.261 e. The topological polar surface area (TPSA) is 93.7 Å². The zero-order chi connectivity index (χ0) is 22.1. The van der Waals surface area contributed by atoms with E-state index in [1.54, 1.807) is 24.3 Å². The van der Waals surface area contributed by atoms with Crippen LogP contribution in [0.15, 0.2) is 83.8 Å². The lowest BCUT2D eigenvalue weighted by atomic mass is 10.2. The van der Waals surface area contributed by atoms with E-state index in [1.165, 1.54) is 24.3 Å². The highest BCUT2D eigenvalue weighted by Gasteiger charge is 2.14. The monoisotopic (exact) mass is 440 g/mol. The van der Waals surface area contributed by atoms with Crippen LogP contribution in [0.2, 0.25) is 0 Å². The van der Waals surface area contributed by atoms with E-state index in [0.717, 1.165) is 5.56 Å². The Morgan fingerprint density at radius 3 is 2.10 bits per heavy atom. The van der Waals surface area contributed by atoms with Crippen molar-refractivity contribution >= 4 is 21.6 Å². The van der Waals surface area contributed by atoms with Crippen LogP contribution in [0.5, 0.6) is 11.5 Å². The second kappa shape index (κ2) is 10.5. The SMILES string of the molecule is CCOc1ccc(NS(=O)(=O)c2ccc(OCC(=O)NCc3ccccc3)cc2)cc1. The van der Waals surface area contributed by atoms with E-state index in [9.17, 15) is 13.2 Å². The van der Waals surface area contributed by atoms with Crippen molar-refractivity contribution in [1.29, 1.82) is 0 Å². The molecule has 0 aliphatic rings. The van der Waals surface area contributed by atoms with E-state index in [1.807, 2.05) is 37.3 Å². The molecule has 0 unspecified atom stereocenters. The van der Waals surface area contributed by atoms with Crippen molar-refractivity contribution in [2.75, 3.05) is 17.9 Å². The molecular weight excluding hydrogens is 416 g/mol. The van der Waals surface area contributed by atoms with Crippen LogP contribution in [0.4, 0.5) is 5.69 Å². The number of hydrogen-bond acceptors (Lipinski definition) is 5. The predicted octanol–water partition coefficient (Wildman–Crippen LogP) is 3.58. The van der Waals surface area contributed by atoms with Crippen molar-refractivity contribution in [2.24, 2.45) is 0 Å². The molecule has 3 rings (SSSR count). The summed E-state index contributed by atoms with van der Waals surface area (Å²) in [6, 6.07) is 22.1. The van der Waals surface area contributed by atoms with Gasteiger partial charge >= 0.3 is 0 Å². The highest BCUT2D eigenvalue weighted by atomic mass is 32.2. The molecule has 3 aromatic rings. The Bertz CT molecular complexity index is 1080. The van der Waals surface area contributed by atoms with E-state index in [0.29, 0.717) is 30.3 Å². The molecule has 31 heavy (non-hydrogen) atoms. The van der Waals surface area contributed by atoms with Crippen LogP contribution in [0.3, 0.4) is 0 Å². The largest absolute Gasteiger partial charge is 0.494 e. The van der Waals surface area contributed by atoms with Crippen LogP contribution in [-0.4, -0.2) is 27.5 Å². The molecule has 0 bridgehead atoms. The molecule has 0 spiro atoms. The molecule has 0 aliphatic carbocycles. The Morgan fingerprint density at radius 1 is 0.839 bits per heavy atom. The highest BCUT2D eigenvalue weighted by molar-refractivity contribution is 7.92. The summed E-state index contributed by atoms with van der Waals surface area (Å²) in [5.74, 6) is 0.798. The summed E-state index contributed by atoms with van der Waals surface area (Å²) in [5, 5.41) is 2.77. The minimum Gasteiger partial charge on any atom is -0.494 e. The lowest BCUT2D eigenvalue weighted by molar-refractivity contribution is -0.123. The van der Waals surface area contributed by atoms with Crippen LogP contribution in [0, 0.1) is 0 Å². The molecule has 8 heteroatoms. The standard InChI is InChI=1S/C23H24N2O5S/c1-2-29-20-10-8-19(9-11-20)25-31(27,28)22-14-12-21(13-15-22)30-17-23(26)24-16-18-6-4-3-5-7-18/h3-15,25H,2,16-17H2,1H3,(H,24,26). The van der Waals surface area contributed by atoms with Crippen molar-refractivity contribution in [3.63, 3.8) is 0 Å². The van der Waals surface area contributed by atoms with Gasteiger partial charge < -0.3 is 14.8 Å². The lowest BCUT2D eigenvalue weighted by Gasteiger charge is -2.11. The molecule has 7 nitrogen and oxygen atoms in total. The third-order valence-electron chi connectivity index (χ3n) is 4.25. The van der Waals surface area contributed by atoms with Gasteiger partial charge in [-0.3, -0.25) is 9.52 Å². The number of hydrogen-bond donors (Lipinski definition) is 2. The zero-order valence-electron chi connectivity index (χ0n) is 17.1. The van der Waals surface area contributed by atoms with Crippen molar-refractivity contribution in [1.82, 2.24) is 5.32 Å². The number of benzene rings is 3. The maximum atomic E-state index is 12.6. The minimum atomic E-state index is -3.75. The van der Waals surface area contributed by atoms with E-state index in [4.69, 9.17) is 9.47 Å². The average molecular weight is 441 g/mol.